The van der Waals surface area contributed by atoms with Crippen LogP contribution in [0.2, 0.25) is 0 Å². The summed E-state index contributed by atoms with van der Waals surface area (Å²) in [6.45, 7) is -2.24. The molecular weight excluding hydrogens is 1180 g/mol. The summed E-state index contributed by atoms with van der Waals surface area (Å²) in [7, 11) is -23.1. The van der Waals surface area contributed by atoms with E-state index in [1.54, 1.807) is 0 Å². The molecule has 0 unspecified atom stereocenters. The van der Waals surface area contributed by atoms with Crippen LogP contribution in [0.5, 0.6) is 0 Å². The van der Waals surface area contributed by atoms with Crippen molar-refractivity contribution in [1.29, 1.82) is 0 Å². The Hall–Kier alpha value is -2.51. The number of carbonyl (C=O) groups is 3. The van der Waals surface area contributed by atoms with Gasteiger partial charge in [0.15, 0.2) is 49.6 Å². The maximum atomic E-state index is 12.7. The van der Waals surface area contributed by atoms with E-state index in [0.29, 0.717) is 0 Å². The molecule has 4 aliphatic heterocycles. The predicted octanol–water partition coefficient (Wildman–Crippen LogP) is -10.1. The van der Waals surface area contributed by atoms with Crippen LogP contribution in [0.1, 0.15) is 6.92 Å². The van der Waals surface area contributed by atoms with Crippen molar-refractivity contribution < 1.29 is 170 Å². The Bertz CT molecular complexity index is 2510. The van der Waals surface area contributed by atoms with E-state index in [-0.39, 0.29) is 12.4 Å². The van der Waals surface area contributed by atoms with Crippen LogP contribution in [-0.2, 0) is 116 Å². The maximum absolute atomic E-state index is 12.7. The van der Waals surface area contributed by atoms with E-state index >= 15 is 0 Å². The van der Waals surface area contributed by atoms with Crippen molar-refractivity contribution in [2.45, 2.75) is 130 Å². The van der Waals surface area contributed by atoms with Gasteiger partial charge in [0.25, 0.3) is 0 Å². The van der Waals surface area contributed by atoms with Gasteiger partial charge in [-0.1, -0.05) is 0 Å². The molecule has 0 radical (unpaired) electrons. The van der Waals surface area contributed by atoms with E-state index in [9.17, 15) is 116 Å². The minimum atomic E-state index is -6.09. The molecule has 4 saturated heterocycles. The third kappa shape index (κ3) is 20.6. The van der Waals surface area contributed by atoms with Crippen LogP contribution in [0.3, 0.4) is 0 Å². The van der Waals surface area contributed by atoms with E-state index in [4.69, 9.17) is 37.7 Å². The van der Waals surface area contributed by atoms with E-state index in [2.05, 4.69) is 16.7 Å². The summed E-state index contributed by atoms with van der Waals surface area (Å²) >= 11 is 0. The number of carboxylic acids is 2. The number of nitrogens with one attached hydrogen (secondary N) is 2. The fourth-order valence-electron chi connectivity index (χ4n) is 7.05. The van der Waals surface area contributed by atoms with Crippen molar-refractivity contribution in [3.05, 3.63) is 0 Å². The second kappa shape index (κ2) is 27.1. The second-order valence-electron chi connectivity index (χ2n) is 15.9. The second-order valence-corrected chi connectivity index (χ2v) is 21.4. The first kappa shape index (κ1) is 68.6. The van der Waals surface area contributed by atoms with Crippen LogP contribution in [0.4, 0.5) is 0 Å². The summed E-state index contributed by atoms with van der Waals surface area (Å²) in [5, 5.41) is 86.0. The van der Waals surface area contributed by atoms with Crippen LogP contribution >= 0.6 is 12.4 Å². The van der Waals surface area contributed by atoms with E-state index in [1.807, 2.05) is 31.4 Å². The van der Waals surface area contributed by atoms with Crippen LogP contribution in [0.15, 0.2) is 0 Å². The van der Waals surface area contributed by atoms with Gasteiger partial charge in [0.1, 0.15) is 73.1 Å². The molecule has 0 saturated carbocycles. The molecular formula is C29H52ClN3O37S5. The van der Waals surface area contributed by atoms with Gasteiger partial charge in [0.2, 0.25) is 5.91 Å². The number of aliphatic hydroxyl groups excluding tert-OH is 6. The number of halogens is 1. The van der Waals surface area contributed by atoms with Crippen molar-refractivity contribution in [1.82, 2.24) is 14.9 Å². The molecule has 4 fully saturated rings. The maximum Gasteiger partial charge on any atom is 0.397 e. The largest absolute Gasteiger partial charge is 0.479 e. The summed E-state index contributed by atoms with van der Waals surface area (Å²) < 4.78 is 222. The Morgan fingerprint density at radius 1 is 0.533 bits per heavy atom. The first-order valence-corrected chi connectivity index (χ1v) is 26.7. The fraction of sp³-hybridized carbons (Fsp3) is 0.897. The van der Waals surface area contributed by atoms with Gasteiger partial charge in [-0.2, -0.15) is 46.8 Å². The highest BCUT2D eigenvalue weighted by atomic mass is 35.5. The molecule has 46 heteroatoms. The Balaban J connectivity index is 0.00000371. The summed E-state index contributed by atoms with van der Waals surface area (Å²) in [4.78, 5) is 38.4. The van der Waals surface area contributed by atoms with Crippen molar-refractivity contribution in [3.8, 4) is 0 Å². The standard InChI is InChI=1S/C26H42N2O37S5.C3H9N.ClH/c1-4(30)27-7-9(31)13(6(56-23(7)39)3-55-67(43,44)45)58-26-19(65-70(52,53)54)12(34)16(20(62-26)22(37)38)60-24-8(28-66(40,41)42)15(63-68(46,47)48)14(5(2-29)57-24)59-25-18(64-69(49,50)51)11(33)10(32)17(61-25)21(35)36;1-4(2)3;/h5-20,23-26,28-29,31-34,39H,2-3H2,1H3,(H,27,30)(H,35,36)(H,37,38)(H,40,41,42)(H,43,44,45)(H,46,47,48)(H,49,50,51)(H,52,53,54);1-3H3;1H/t5-,6+,7-,8-,9-,10-,11-,12+,13-,14-,15-,16+,17-,18+,19-,20+,23-,24+,25+,26-;;/m1../s1. The number of carboxylic acid groups (broad SMARTS) is 2. The zero-order valence-electron chi connectivity index (χ0n) is 38.0. The Morgan fingerprint density at radius 3 is 1.40 bits per heavy atom. The lowest BCUT2D eigenvalue weighted by molar-refractivity contribution is -0.366. The summed E-state index contributed by atoms with van der Waals surface area (Å²) in [6.07, 6.45) is -49.1. The number of aliphatic hydroxyl groups is 6. The lowest BCUT2D eigenvalue weighted by Gasteiger charge is -2.50. The molecule has 442 valence electrons. The Morgan fingerprint density at radius 2 is 0.973 bits per heavy atom. The van der Waals surface area contributed by atoms with Gasteiger partial charge in [0.05, 0.1) is 13.2 Å². The molecule has 15 N–H and O–H groups in total. The van der Waals surface area contributed by atoms with Gasteiger partial charge >= 0.3 is 63.8 Å². The number of hydrogen-bond donors (Lipinski definition) is 15. The molecule has 0 aromatic rings. The number of rotatable bonds is 21. The van der Waals surface area contributed by atoms with Gasteiger partial charge in [-0.05, 0) is 21.1 Å². The van der Waals surface area contributed by atoms with Crippen LogP contribution in [-0.4, -0.2) is 286 Å². The summed E-state index contributed by atoms with van der Waals surface area (Å²) in [5.74, 6) is -5.49. The van der Waals surface area contributed by atoms with Gasteiger partial charge in [-0.25, -0.2) is 26.3 Å². The zero-order chi connectivity index (χ0) is 57.0. The molecule has 0 aliphatic carbocycles. The Kier molecular flexibility index (Phi) is 24.8. The minimum absolute atomic E-state index is 0. The molecule has 4 rings (SSSR count). The van der Waals surface area contributed by atoms with Crippen molar-refractivity contribution in [2.24, 2.45) is 0 Å². The normalized spacial score (nSPS) is 37.1. The summed E-state index contributed by atoms with van der Waals surface area (Å²) in [6, 6.07) is -4.96. The third-order valence-electron chi connectivity index (χ3n) is 9.68. The average Bonchev–Trinajstić information content (AvgIpc) is 3.20. The average molecular weight is 1230 g/mol. The van der Waals surface area contributed by atoms with Crippen molar-refractivity contribution in [2.75, 3.05) is 34.4 Å². The van der Waals surface area contributed by atoms with E-state index in [1.165, 1.54) is 4.72 Å². The van der Waals surface area contributed by atoms with Crippen molar-refractivity contribution >= 4 is 82.2 Å². The molecule has 0 bridgehead atoms. The van der Waals surface area contributed by atoms with Gasteiger partial charge in [0, 0.05) is 6.92 Å². The molecule has 4 heterocycles. The monoisotopic (exact) mass is 1230 g/mol. The number of ether oxygens (including phenoxy) is 7. The van der Waals surface area contributed by atoms with Gasteiger partial charge in [-0.15, -0.1) is 12.4 Å². The first-order chi connectivity index (χ1) is 33.5. The van der Waals surface area contributed by atoms with E-state index < -0.39 is 206 Å². The first-order valence-electron chi connectivity index (χ1n) is 19.8. The number of nitrogens with zero attached hydrogens (tertiary/aromatic N) is 1. The molecule has 4 aliphatic rings. The lowest BCUT2D eigenvalue weighted by atomic mass is 9.94. The van der Waals surface area contributed by atoms with Crippen LogP contribution in [0, 0.1) is 0 Å². The van der Waals surface area contributed by atoms with Gasteiger partial charge in [-0.3, -0.25) is 27.6 Å². The highest BCUT2D eigenvalue weighted by Gasteiger charge is 2.60. The molecule has 40 nitrogen and oxygen atoms in total. The highest BCUT2D eigenvalue weighted by Crippen LogP contribution is 2.37. The zero-order valence-corrected chi connectivity index (χ0v) is 42.9. The Labute approximate surface area is 429 Å². The molecule has 1 amide bonds. The third-order valence-corrected chi connectivity index (χ3v) is 12.1. The molecule has 0 spiro atoms. The topological polar surface area (TPSA) is 614 Å². The quantitative estimate of drug-likeness (QED) is 0.0475. The van der Waals surface area contributed by atoms with Crippen molar-refractivity contribution in [3.63, 3.8) is 0 Å². The summed E-state index contributed by atoms with van der Waals surface area (Å²) in [5.41, 5.74) is 0. The molecule has 0 aromatic carbocycles. The number of aliphatic carboxylic acids is 2. The predicted molar refractivity (Wildman–Crippen MR) is 228 cm³/mol. The molecule has 0 aromatic heterocycles. The fourth-order valence-corrected chi connectivity index (χ4v) is 9.43. The smallest absolute Gasteiger partial charge is 0.397 e. The highest BCUT2D eigenvalue weighted by molar-refractivity contribution is 7.83. The minimum Gasteiger partial charge on any atom is -0.479 e. The number of carbonyl (C=O) groups excluding carboxylic acids is 1. The van der Waals surface area contributed by atoms with Crippen LogP contribution < -0.4 is 10.0 Å². The van der Waals surface area contributed by atoms with Gasteiger partial charge < -0.3 is 84.2 Å². The molecule has 75 heavy (non-hydrogen) atoms. The van der Waals surface area contributed by atoms with E-state index in [0.717, 1.165) is 6.92 Å². The number of hydrogen-bond acceptors (Lipinski definition) is 31. The molecule has 20 atom stereocenters. The lowest BCUT2D eigenvalue weighted by Crippen LogP contribution is -2.71. The SMILES string of the molecule is CC(=O)N[C@@H]1[C@@H](O)[C@H](O[C@@H]2O[C@H](C(=O)O)[C@@H](O[C@@H]3O[C@H](CO)[C@@H](O[C@H]4O[C@@H](C(=O)O)[C@H](O)[C@@H](O)[C@@H]4OS(=O)(=O)O)[C@H](OS(=O)(=O)O)[C@H]3NS(=O)(=O)O)[C@H](O)[C@H]2OS(=O)(=O)O)[C@H](COS(=O)(=O)O)O[C@H]1O.CN(C)C.Cl. The number of amides is 1. The van der Waals surface area contributed by atoms with Crippen LogP contribution in [0.25, 0.3) is 0 Å².